The fraction of sp³-hybridized carbons (Fsp3) is 0.333. The molecule has 0 saturated carbocycles. The molecule has 1 amide bonds. The number of nitro benzene ring substituents is 1. The van der Waals surface area contributed by atoms with E-state index in [4.69, 9.17) is 13.9 Å². The number of carbonyl (C=O) groups is 1. The average molecular weight is 373 g/mol. The van der Waals surface area contributed by atoms with Crippen LogP contribution in [0.2, 0.25) is 0 Å². The average Bonchev–Trinajstić information content (AvgIpc) is 3.24. The van der Waals surface area contributed by atoms with E-state index in [0.717, 1.165) is 0 Å². The van der Waals surface area contributed by atoms with E-state index in [-0.39, 0.29) is 18.0 Å². The van der Waals surface area contributed by atoms with Crippen LogP contribution in [-0.4, -0.2) is 36.0 Å². The van der Waals surface area contributed by atoms with Gasteiger partial charge in [0.1, 0.15) is 11.5 Å². The molecule has 1 aromatic carbocycles. The van der Waals surface area contributed by atoms with Crippen LogP contribution in [0.5, 0.6) is 0 Å². The van der Waals surface area contributed by atoms with Crippen LogP contribution in [0.3, 0.4) is 0 Å². The molecule has 1 N–H and O–H groups in total. The SMILES string of the molecule is Cc1ccc(-c2ccc(/C=N\NC(=O)CC3(C)OCCO3)o2)cc1[N+](=O)[O-]. The molecule has 0 unspecified atom stereocenters. The van der Waals surface area contributed by atoms with Crippen molar-refractivity contribution < 1.29 is 23.6 Å². The zero-order valence-corrected chi connectivity index (χ0v) is 14.9. The van der Waals surface area contributed by atoms with Crippen molar-refractivity contribution in [2.24, 2.45) is 5.10 Å². The number of carbonyl (C=O) groups excluding carboxylic acids is 1. The van der Waals surface area contributed by atoms with Crippen LogP contribution in [0.4, 0.5) is 5.69 Å². The fourth-order valence-electron chi connectivity index (χ4n) is 2.69. The summed E-state index contributed by atoms with van der Waals surface area (Å²) >= 11 is 0. The minimum Gasteiger partial charge on any atom is -0.455 e. The summed E-state index contributed by atoms with van der Waals surface area (Å²) in [7, 11) is 0. The number of aryl methyl sites for hydroxylation is 1. The second kappa shape index (κ2) is 7.68. The quantitative estimate of drug-likeness (QED) is 0.473. The summed E-state index contributed by atoms with van der Waals surface area (Å²) in [6, 6.07) is 8.20. The highest BCUT2D eigenvalue weighted by Crippen LogP contribution is 2.28. The molecule has 2 aromatic rings. The highest BCUT2D eigenvalue weighted by Gasteiger charge is 2.33. The van der Waals surface area contributed by atoms with E-state index >= 15 is 0 Å². The summed E-state index contributed by atoms with van der Waals surface area (Å²) in [5.74, 6) is -0.409. The number of ether oxygens (including phenoxy) is 2. The first-order valence-electron chi connectivity index (χ1n) is 8.31. The van der Waals surface area contributed by atoms with Crippen LogP contribution < -0.4 is 5.43 Å². The lowest BCUT2D eigenvalue weighted by atomic mass is 10.1. The lowest BCUT2D eigenvalue weighted by Gasteiger charge is -2.20. The monoisotopic (exact) mass is 373 g/mol. The van der Waals surface area contributed by atoms with Crippen molar-refractivity contribution >= 4 is 17.8 Å². The molecule has 1 aliphatic rings. The van der Waals surface area contributed by atoms with Crippen molar-refractivity contribution in [3.63, 3.8) is 0 Å². The Hall–Kier alpha value is -3.04. The number of hydrogen-bond acceptors (Lipinski definition) is 7. The first-order valence-corrected chi connectivity index (χ1v) is 8.31. The van der Waals surface area contributed by atoms with Crippen LogP contribution >= 0.6 is 0 Å². The van der Waals surface area contributed by atoms with Crippen molar-refractivity contribution in [2.45, 2.75) is 26.1 Å². The van der Waals surface area contributed by atoms with E-state index < -0.39 is 10.7 Å². The Balaban J connectivity index is 1.62. The van der Waals surface area contributed by atoms with Crippen molar-refractivity contribution in [3.05, 3.63) is 51.8 Å². The van der Waals surface area contributed by atoms with E-state index in [1.807, 2.05) is 0 Å². The molecule has 0 bridgehead atoms. The Morgan fingerprint density at radius 1 is 1.33 bits per heavy atom. The van der Waals surface area contributed by atoms with E-state index in [2.05, 4.69) is 10.5 Å². The molecule has 1 fully saturated rings. The van der Waals surface area contributed by atoms with Crippen LogP contribution in [0.15, 0.2) is 39.9 Å². The van der Waals surface area contributed by atoms with E-state index in [9.17, 15) is 14.9 Å². The number of hydrazone groups is 1. The van der Waals surface area contributed by atoms with Gasteiger partial charge in [0, 0.05) is 17.2 Å². The van der Waals surface area contributed by atoms with Gasteiger partial charge in [0.25, 0.3) is 5.69 Å². The van der Waals surface area contributed by atoms with Crippen LogP contribution in [-0.2, 0) is 14.3 Å². The molecule has 0 atom stereocenters. The second-order valence-electron chi connectivity index (χ2n) is 6.26. The molecule has 142 valence electrons. The summed E-state index contributed by atoms with van der Waals surface area (Å²) in [4.78, 5) is 22.5. The molecular formula is C18H19N3O6. The van der Waals surface area contributed by atoms with E-state index in [1.54, 1.807) is 38.1 Å². The molecule has 0 aliphatic carbocycles. The molecule has 3 rings (SSSR count). The molecule has 0 spiro atoms. The van der Waals surface area contributed by atoms with Crippen molar-refractivity contribution in [1.82, 2.24) is 5.43 Å². The summed E-state index contributed by atoms with van der Waals surface area (Å²) in [5, 5.41) is 14.9. The molecule has 27 heavy (non-hydrogen) atoms. The van der Waals surface area contributed by atoms with Gasteiger partial charge in [-0.1, -0.05) is 12.1 Å². The Labute approximate surface area is 155 Å². The lowest BCUT2D eigenvalue weighted by molar-refractivity contribution is -0.385. The van der Waals surface area contributed by atoms with Crippen molar-refractivity contribution in [1.29, 1.82) is 0 Å². The maximum absolute atomic E-state index is 11.9. The van der Waals surface area contributed by atoms with Crippen molar-refractivity contribution in [2.75, 3.05) is 13.2 Å². The number of hydrogen-bond donors (Lipinski definition) is 1. The summed E-state index contributed by atoms with van der Waals surface area (Å²) < 4.78 is 16.3. The Kier molecular flexibility index (Phi) is 5.33. The zero-order valence-electron chi connectivity index (χ0n) is 14.9. The Bertz CT molecular complexity index is 883. The second-order valence-corrected chi connectivity index (χ2v) is 6.26. The van der Waals surface area contributed by atoms with Gasteiger partial charge < -0.3 is 13.9 Å². The number of nitrogens with one attached hydrogen (secondary N) is 1. The normalized spacial score (nSPS) is 15.9. The summed E-state index contributed by atoms with van der Waals surface area (Å²) in [6.07, 6.45) is 1.38. The lowest BCUT2D eigenvalue weighted by Crippen LogP contribution is -2.33. The van der Waals surface area contributed by atoms with Gasteiger partial charge in [-0.2, -0.15) is 5.10 Å². The third-order valence-electron chi connectivity index (χ3n) is 4.08. The van der Waals surface area contributed by atoms with Crippen LogP contribution in [0.25, 0.3) is 11.3 Å². The zero-order chi connectivity index (χ0) is 19.4. The van der Waals surface area contributed by atoms with Gasteiger partial charge in [0.2, 0.25) is 5.91 Å². The predicted octanol–water partition coefficient (Wildman–Crippen LogP) is 2.77. The third-order valence-corrected chi connectivity index (χ3v) is 4.08. The summed E-state index contributed by atoms with van der Waals surface area (Å²) in [5.41, 5.74) is 3.56. The predicted molar refractivity (Wildman–Crippen MR) is 96.2 cm³/mol. The first kappa shape index (κ1) is 18.7. The van der Waals surface area contributed by atoms with Gasteiger partial charge in [-0.25, -0.2) is 5.43 Å². The minimum absolute atomic E-state index is 0.0243. The molecule has 9 heteroatoms. The Morgan fingerprint density at radius 3 is 2.78 bits per heavy atom. The van der Waals surface area contributed by atoms with Gasteiger partial charge in [-0.05, 0) is 26.0 Å². The third kappa shape index (κ3) is 4.57. The number of nitro groups is 1. The highest BCUT2D eigenvalue weighted by molar-refractivity contribution is 5.81. The standard InChI is InChI=1S/C18H19N3O6/c1-12-3-4-13(9-15(12)21(23)24)16-6-5-14(27-16)11-19-20-17(22)10-18(2)25-7-8-26-18/h3-6,9,11H,7-8,10H2,1-2H3,(H,20,22)/b19-11-. The maximum atomic E-state index is 11.9. The van der Waals surface area contributed by atoms with Gasteiger partial charge in [0.15, 0.2) is 5.79 Å². The van der Waals surface area contributed by atoms with Gasteiger partial charge in [-0.3, -0.25) is 14.9 Å². The topological polar surface area (TPSA) is 116 Å². The van der Waals surface area contributed by atoms with E-state index in [1.165, 1.54) is 12.3 Å². The molecule has 1 aliphatic heterocycles. The van der Waals surface area contributed by atoms with Crippen LogP contribution in [0, 0.1) is 17.0 Å². The smallest absolute Gasteiger partial charge is 0.273 e. The largest absolute Gasteiger partial charge is 0.455 e. The van der Waals surface area contributed by atoms with Crippen molar-refractivity contribution in [3.8, 4) is 11.3 Å². The number of benzene rings is 1. The van der Waals surface area contributed by atoms with Crippen LogP contribution in [0.1, 0.15) is 24.7 Å². The van der Waals surface area contributed by atoms with Gasteiger partial charge in [0.05, 0.1) is 30.8 Å². The number of rotatable bonds is 6. The molecule has 0 radical (unpaired) electrons. The molecule has 2 heterocycles. The molecular weight excluding hydrogens is 354 g/mol. The van der Waals surface area contributed by atoms with Gasteiger partial charge >= 0.3 is 0 Å². The van der Waals surface area contributed by atoms with E-state index in [0.29, 0.717) is 35.9 Å². The number of nitrogens with zero attached hydrogens (tertiary/aromatic N) is 2. The summed E-state index contributed by atoms with van der Waals surface area (Å²) in [6.45, 7) is 4.29. The Morgan fingerprint density at radius 2 is 2.07 bits per heavy atom. The fourth-order valence-corrected chi connectivity index (χ4v) is 2.69. The molecule has 1 aromatic heterocycles. The van der Waals surface area contributed by atoms with Gasteiger partial charge in [-0.15, -0.1) is 0 Å². The number of furan rings is 1. The number of amides is 1. The highest BCUT2D eigenvalue weighted by atomic mass is 16.7. The molecule has 9 nitrogen and oxygen atoms in total. The maximum Gasteiger partial charge on any atom is 0.273 e. The molecule has 1 saturated heterocycles. The first-order chi connectivity index (χ1) is 12.9. The minimum atomic E-state index is -0.919.